The fourth-order valence-corrected chi connectivity index (χ4v) is 6.80. The van der Waals surface area contributed by atoms with Crippen LogP contribution in [0.4, 0.5) is 14.9 Å². The predicted molar refractivity (Wildman–Crippen MR) is 152 cm³/mol. The van der Waals surface area contributed by atoms with Gasteiger partial charge in [-0.05, 0) is 88.8 Å². The molecule has 3 amide bonds. The van der Waals surface area contributed by atoms with Gasteiger partial charge in [-0.25, -0.2) is 14.0 Å². The second-order valence-electron chi connectivity index (χ2n) is 12.9. The van der Waals surface area contributed by atoms with Crippen molar-refractivity contribution in [3.63, 3.8) is 0 Å². The number of nitrogens with zero attached hydrogens (tertiary/aromatic N) is 1. The Labute approximate surface area is 241 Å². The number of likely N-dealkylation sites (tertiary alicyclic amines) is 1. The zero-order valence-corrected chi connectivity index (χ0v) is 24.4. The molecule has 9 nitrogen and oxygen atoms in total. The molecule has 1 aliphatic heterocycles. The molecule has 0 spiro atoms. The summed E-state index contributed by atoms with van der Waals surface area (Å²) in [5.41, 5.74) is -0.842. The highest BCUT2D eigenvalue weighted by molar-refractivity contribution is 5.98. The number of carbonyl (C=O) groups excluding carboxylic acids is 3. The third kappa shape index (κ3) is 7.98. The number of ether oxygens (including phenoxy) is 1. The van der Waals surface area contributed by atoms with Crippen molar-refractivity contribution in [3.05, 3.63) is 29.6 Å². The van der Waals surface area contributed by atoms with E-state index in [1.807, 2.05) is 20.8 Å². The van der Waals surface area contributed by atoms with E-state index >= 15 is 0 Å². The lowest BCUT2D eigenvalue weighted by Gasteiger charge is -2.36. The van der Waals surface area contributed by atoms with E-state index in [2.05, 4.69) is 10.6 Å². The van der Waals surface area contributed by atoms with Crippen LogP contribution in [0.2, 0.25) is 0 Å². The summed E-state index contributed by atoms with van der Waals surface area (Å²) in [6.45, 7) is 6.46. The third-order valence-electron chi connectivity index (χ3n) is 8.86. The van der Waals surface area contributed by atoms with Gasteiger partial charge in [0.15, 0.2) is 0 Å². The topological polar surface area (TPSA) is 125 Å². The SMILES string of the molecule is CC(C)(C)OC(=O)NC[C@H]1CC[C@H](C(=O)N2CC[C@@H](C3CCCCC3)[C@H]2C(=O)Nc2ccc(C(=O)O)cc2F)CC1. The molecule has 41 heavy (non-hydrogen) atoms. The maximum absolute atomic E-state index is 14.7. The lowest BCUT2D eigenvalue weighted by Crippen LogP contribution is -2.50. The molecular formula is C31H44FN3O6. The molecule has 0 radical (unpaired) electrons. The summed E-state index contributed by atoms with van der Waals surface area (Å²) in [5, 5.41) is 14.7. The molecule has 1 aromatic carbocycles. The Morgan fingerprint density at radius 2 is 1.68 bits per heavy atom. The average Bonchev–Trinajstić information content (AvgIpc) is 3.38. The molecule has 0 bridgehead atoms. The van der Waals surface area contributed by atoms with E-state index in [4.69, 9.17) is 9.84 Å². The van der Waals surface area contributed by atoms with Gasteiger partial charge in [-0.1, -0.05) is 32.1 Å². The van der Waals surface area contributed by atoms with Gasteiger partial charge < -0.3 is 25.4 Å². The molecule has 3 N–H and O–H groups in total. The molecule has 2 saturated carbocycles. The molecule has 226 valence electrons. The summed E-state index contributed by atoms with van der Waals surface area (Å²) >= 11 is 0. The number of alkyl carbamates (subject to hydrolysis) is 1. The van der Waals surface area contributed by atoms with E-state index in [-0.39, 0.29) is 34.9 Å². The predicted octanol–water partition coefficient (Wildman–Crippen LogP) is 5.59. The maximum Gasteiger partial charge on any atom is 0.407 e. The Hall–Kier alpha value is -3.17. The Morgan fingerprint density at radius 1 is 1.00 bits per heavy atom. The minimum Gasteiger partial charge on any atom is -0.478 e. The zero-order chi connectivity index (χ0) is 29.7. The zero-order valence-electron chi connectivity index (χ0n) is 24.4. The molecule has 1 aromatic rings. The Bertz CT molecular complexity index is 1120. The van der Waals surface area contributed by atoms with Crippen molar-refractivity contribution in [2.24, 2.45) is 23.7 Å². The highest BCUT2D eigenvalue weighted by Gasteiger charge is 2.47. The van der Waals surface area contributed by atoms with Crippen molar-refractivity contribution in [3.8, 4) is 0 Å². The molecule has 0 aromatic heterocycles. The van der Waals surface area contributed by atoms with Crippen LogP contribution >= 0.6 is 0 Å². The number of carboxylic acid groups (broad SMARTS) is 1. The minimum atomic E-state index is -1.25. The van der Waals surface area contributed by atoms with Gasteiger partial charge in [-0.2, -0.15) is 0 Å². The fraction of sp³-hybridized carbons (Fsp3) is 0.677. The van der Waals surface area contributed by atoms with Gasteiger partial charge in [-0.3, -0.25) is 9.59 Å². The summed E-state index contributed by atoms with van der Waals surface area (Å²) in [6, 6.07) is 2.73. The number of nitrogens with one attached hydrogen (secondary N) is 2. The fourth-order valence-electron chi connectivity index (χ4n) is 6.80. The summed E-state index contributed by atoms with van der Waals surface area (Å²) < 4.78 is 20.0. The van der Waals surface area contributed by atoms with E-state index in [1.54, 1.807) is 4.90 Å². The number of aromatic carboxylic acids is 1. The van der Waals surface area contributed by atoms with Gasteiger partial charge in [0.25, 0.3) is 0 Å². The number of rotatable bonds is 7. The first kappa shape index (κ1) is 30.8. The number of hydrogen-bond acceptors (Lipinski definition) is 5. The van der Waals surface area contributed by atoms with Crippen LogP contribution in [0.1, 0.15) is 95.3 Å². The highest BCUT2D eigenvalue weighted by Crippen LogP contribution is 2.41. The van der Waals surface area contributed by atoms with Crippen LogP contribution in [-0.2, 0) is 14.3 Å². The second-order valence-corrected chi connectivity index (χ2v) is 12.9. The van der Waals surface area contributed by atoms with Crippen molar-refractivity contribution in [1.29, 1.82) is 0 Å². The molecule has 1 saturated heterocycles. The Kier molecular flexibility index (Phi) is 9.92. The van der Waals surface area contributed by atoms with Crippen LogP contribution < -0.4 is 10.6 Å². The van der Waals surface area contributed by atoms with Gasteiger partial charge in [-0.15, -0.1) is 0 Å². The van der Waals surface area contributed by atoms with Crippen molar-refractivity contribution >= 4 is 29.6 Å². The number of amides is 3. The number of carbonyl (C=O) groups is 4. The summed E-state index contributed by atoms with van der Waals surface area (Å²) in [5.74, 6) is -2.09. The van der Waals surface area contributed by atoms with Crippen molar-refractivity contribution < 1.29 is 33.4 Å². The quantitative estimate of drug-likeness (QED) is 0.391. The third-order valence-corrected chi connectivity index (χ3v) is 8.86. The van der Waals surface area contributed by atoms with Crippen molar-refractivity contribution in [1.82, 2.24) is 10.2 Å². The van der Waals surface area contributed by atoms with Crippen LogP contribution in [0.25, 0.3) is 0 Å². The summed E-state index contributed by atoms with van der Waals surface area (Å²) in [7, 11) is 0. The number of hydrogen-bond donors (Lipinski definition) is 3. The van der Waals surface area contributed by atoms with Crippen molar-refractivity contribution in [2.45, 2.75) is 96.6 Å². The highest BCUT2D eigenvalue weighted by atomic mass is 19.1. The second kappa shape index (κ2) is 13.2. The smallest absolute Gasteiger partial charge is 0.407 e. The van der Waals surface area contributed by atoms with Gasteiger partial charge >= 0.3 is 12.1 Å². The Morgan fingerprint density at radius 3 is 2.29 bits per heavy atom. The van der Waals surface area contributed by atoms with Crippen molar-refractivity contribution in [2.75, 3.05) is 18.4 Å². The number of anilines is 1. The number of carboxylic acids is 1. The monoisotopic (exact) mass is 573 g/mol. The normalized spacial score (nSPS) is 25.4. The molecule has 3 fully saturated rings. The lowest BCUT2D eigenvalue weighted by molar-refractivity contribution is -0.142. The van der Waals surface area contributed by atoms with E-state index in [0.717, 1.165) is 51.0 Å². The van der Waals surface area contributed by atoms with Gasteiger partial charge in [0.1, 0.15) is 17.5 Å². The largest absolute Gasteiger partial charge is 0.478 e. The van der Waals surface area contributed by atoms with E-state index in [0.29, 0.717) is 31.8 Å². The lowest BCUT2D eigenvalue weighted by atomic mass is 9.76. The molecule has 2 atom stereocenters. The van der Waals surface area contributed by atoms with Gasteiger partial charge in [0.05, 0.1) is 11.3 Å². The molecule has 1 heterocycles. The molecular weight excluding hydrogens is 529 g/mol. The molecule has 3 aliphatic rings. The van der Waals surface area contributed by atoms with Crippen LogP contribution in [0.15, 0.2) is 18.2 Å². The first-order valence-electron chi connectivity index (χ1n) is 15.0. The van der Waals surface area contributed by atoms with E-state index in [1.165, 1.54) is 18.6 Å². The molecule has 2 aliphatic carbocycles. The first-order valence-corrected chi connectivity index (χ1v) is 15.0. The van der Waals surface area contributed by atoms with Crippen LogP contribution in [0.3, 0.4) is 0 Å². The standard InChI is InChI=1S/C31H44FN3O6/c1-31(2,3)41-30(40)33-18-19-9-11-21(12-10-19)28(37)35-16-15-23(20-7-5-4-6-8-20)26(35)27(36)34-25-14-13-22(29(38)39)17-24(25)32/h13-14,17,19-21,23,26H,4-12,15-16,18H2,1-3H3,(H,33,40)(H,34,36)(H,38,39)/t19-,21-,23-,26-/m0/s1. The van der Waals surface area contributed by atoms with Crippen LogP contribution in [0.5, 0.6) is 0 Å². The average molecular weight is 574 g/mol. The molecule has 4 rings (SSSR count). The van der Waals surface area contributed by atoms with Crippen LogP contribution in [0, 0.1) is 29.5 Å². The maximum atomic E-state index is 14.7. The van der Waals surface area contributed by atoms with E-state index in [9.17, 15) is 23.6 Å². The summed E-state index contributed by atoms with van der Waals surface area (Å²) in [6.07, 6.45) is 8.69. The summed E-state index contributed by atoms with van der Waals surface area (Å²) in [4.78, 5) is 52.5. The minimum absolute atomic E-state index is 0.00923. The van der Waals surface area contributed by atoms with Gasteiger partial charge in [0, 0.05) is 19.0 Å². The molecule has 0 unspecified atom stereocenters. The number of halogens is 1. The van der Waals surface area contributed by atoms with Gasteiger partial charge in [0.2, 0.25) is 11.8 Å². The van der Waals surface area contributed by atoms with E-state index < -0.39 is 35.4 Å². The van der Waals surface area contributed by atoms with Crippen LogP contribution in [-0.4, -0.2) is 58.6 Å². The Balaban J connectivity index is 1.41. The first-order chi connectivity index (χ1) is 19.4. The molecule has 10 heteroatoms. The number of benzene rings is 1.